The van der Waals surface area contributed by atoms with Crippen LogP contribution in [0.4, 0.5) is 32.2 Å². The van der Waals surface area contributed by atoms with E-state index in [1.54, 1.807) is 0 Å². The Hall–Kier alpha value is -2.83. The van der Waals surface area contributed by atoms with E-state index in [9.17, 15) is 36.5 Å². The number of aromatic nitrogens is 2. The molecule has 0 saturated carbocycles. The van der Waals surface area contributed by atoms with Gasteiger partial charge in [0.15, 0.2) is 0 Å². The number of hydrogen-bond donors (Lipinski definition) is 0. The second kappa shape index (κ2) is 6.96. The van der Waals surface area contributed by atoms with Crippen LogP contribution >= 0.6 is 0 Å². The van der Waals surface area contributed by atoms with E-state index >= 15 is 0 Å². The molecule has 1 atom stereocenters. The van der Waals surface area contributed by atoms with E-state index in [0.29, 0.717) is 12.1 Å². The zero-order chi connectivity index (χ0) is 20.7. The third-order valence-electron chi connectivity index (χ3n) is 3.93. The second-order valence-corrected chi connectivity index (χ2v) is 5.90. The predicted molar refractivity (Wildman–Crippen MR) is 79.4 cm³/mol. The molecule has 2 heterocycles. The molecule has 152 valence electrons. The van der Waals surface area contributed by atoms with Gasteiger partial charge in [-0.3, -0.25) is 4.57 Å². The van der Waals surface area contributed by atoms with Gasteiger partial charge < -0.3 is 19.6 Å². The fourth-order valence-corrected chi connectivity index (χ4v) is 2.61. The second-order valence-electron chi connectivity index (χ2n) is 5.90. The number of fused-ring (bicyclic) bond motifs is 1. The lowest BCUT2D eigenvalue weighted by Gasteiger charge is -2.23. The molecule has 0 amide bonds. The van der Waals surface area contributed by atoms with Crippen LogP contribution in [0.25, 0.3) is 0 Å². The zero-order valence-corrected chi connectivity index (χ0v) is 13.8. The number of ether oxygens (including phenoxy) is 2. The Morgan fingerprint density at radius 3 is 2.57 bits per heavy atom. The lowest BCUT2D eigenvalue weighted by atomic mass is 10.0. The number of nitro groups is 1. The van der Waals surface area contributed by atoms with E-state index in [0.717, 1.165) is 6.20 Å². The minimum absolute atomic E-state index is 0.0260. The van der Waals surface area contributed by atoms with Crippen LogP contribution in [0.1, 0.15) is 16.7 Å². The first-order valence-corrected chi connectivity index (χ1v) is 7.68. The van der Waals surface area contributed by atoms with E-state index in [1.807, 2.05) is 0 Å². The molecule has 1 aliphatic rings. The van der Waals surface area contributed by atoms with E-state index in [2.05, 4.69) is 4.98 Å². The summed E-state index contributed by atoms with van der Waals surface area (Å²) in [6.45, 7) is -0.721. The Morgan fingerprint density at radius 1 is 1.25 bits per heavy atom. The standard InChI is InChI=1S/C15H11F6N3O4/c16-14(17,18)9-2-1-8(11(3-9)15(19,20)21)6-27-10-4-23-5-12(24(25)26)22-13(23)28-7-10/h1-3,5,10H,4,6-7H2/t10-/m0/s1. The van der Waals surface area contributed by atoms with Crippen LogP contribution in [-0.2, 0) is 30.2 Å². The number of halogens is 6. The number of benzene rings is 1. The molecule has 3 rings (SSSR count). The van der Waals surface area contributed by atoms with Crippen molar-refractivity contribution < 1.29 is 40.7 Å². The van der Waals surface area contributed by atoms with E-state index < -0.39 is 52.5 Å². The molecule has 0 unspecified atom stereocenters. The first-order chi connectivity index (χ1) is 12.9. The minimum Gasteiger partial charge on any atom is -0.443 e. The van der Waals surface area contributed by atoms with Gasteiger partial charge in [0.2, 0.25) is 0 Å². The third-order valence-corrected chi connectivity index (χ3v) is 3.93. The van der Waals surface area contributed by atoms with Gasteiger partial charge in [0.05, 0.1) is 24.3 Å². The van der Waals surface area contributed by atoms with Crippen molar-refractivity contribution in [2.24, 2.45) is 0 Å². The van der Waals surface area contributed by atoms with Crippen LogP contribution < -0.4 is 4.74 Å². The van der Waals surface area contributed by atoms with E-state index in [-0.39, 0.29) is 25.2 Å². The van der Waals surface area contributed by atoms with Gasteiger partial charge in [-0.15, -0.1) is 0 Å². The summed E-state index contributed by atoms with van der Waals surface area (Å²) in [7, 11) is 0. The lowest BCUT2D eigenvalue weighted by Crippen LogP contribution is -2.32. The first-order valence-electron chi connectivity index (χ1n) is 7.68. The molecule has 0 saturated heterocycles. The van der Waals surface area contributed by atoms with Gasteiger partial charge in [0.1, 0.15) is 18.9 Å². The molecule has 7 nitrogen and oxygen atoms in total. The van der Waals surface area contributed by atoms with Gasteiger partial charge >= 0.3 is 24.2 Å². The molecule has 1 aromatic carbocycles. The normalized spacial score (nSPS) is 17.1. The molecule has 1 aromatic heterocycles. The minimum atomic E-state index is -5.00. The molecule has 0 N–H and O–H groups in total. The third kappa shape index (κ3) is 4.18. The number of alkyl halides is 6. The molecule has 0 fully saturated rings. The summed E-state index contributed by atoms with van der Waals surface area (Å²) in [5.41, 5.74) is -3.33. The van der Waals surface area contributed by atoms with E-state index in [1.165, 1.54) is 4.57 Å². The topological polar surface area (TPSA) is 79.4 Å². The number of nitrogens with zero attached hydrogens (tertiary/aromatic N) is 3. The summed E-state index contributed by atoms with van der Waals surface area (Å²) in [4.78, 5) is 13.6. The molecular weight excluding hydrogens is 400 g/mol. The highest BCUT2D eigenvalue weighted by atomic mass is 19.4. The van der Waals surface area contributed by atoms with Crippen molar-refractivity contribution in [2.75, 3.05) is 6.61 Å². The van der Waals surface area contributed by atoms with Crippen LogP contribution in [0.15, 0.2) is 24.4 Å². The Labute approximate surface area is 152 Å². The van der Waals surface area contributed by atoms with Crippen molar-refractivity contribution in [3.8, 4) is 6.01 Å². The lowest BCUT2D eigenvalue weighted by molar-refractivity contribution is -0.389. The van der Waals surface area contributed by atoms with Gasteiger partial charge in [-0.2, -0.15) is 26.3 Å². The van der Waals surface area contributed by atoms with Crippen LogP contribution in [-0.4, -0.2) is 27.2 Å². The number of imidazole rings is 1. The molecule has 28 heavy (non-hydrogen) atoms. The highest BCUT2D eigenvalue weighted by molar-refractivity contribution is 5.35. The summed E-state index contributed by atoms with van der Waals surface area (Å²) in [6, 6.07) is 1.26. The molecule has 0 radical (unpaired) electrons. The van der Waals surface area contributed by atoms with Crippen molar-refractivity contribution >= 4 is 5.82 Å². The van der Waals surface area contributed by atoms with Crippen molar-refractivity contribution in [3.63, 3.8) is 0 Å². The maximum atomic E-state index is 13.1. The Morgan fingerprint density at radius 2 is 1.96 bits per heavy atom. The largest absolute Gasteiger partial charge is 0.443 e. The molecule has 13 heteroatoms. The highest BCUT2D eigenvalue weighted by Crippen LogP contribution is 2.37. The summed E-state index contributed by atoms with van der Waals surface area (Å²) in [5, 5.41) is 10.7. The molecule has 0 spiro atoms. The van der Waals surface area contributed by atoms with Crippen LogP contribution in [0.3, 0.4) is 0 Å². The monoisotopic (exact) mass is 411 g/mol. The highest BCUT2D eigenvalue weighted by Gasteiger charge is 2.38. The fourth-order valence-electron chi connectivity index (χ4n) is 2.61. The fraction of sp³-hybridized carbons (Fsp3) is 0.400. The molecule has 0 bridgehead atoms. The summed E-state index contributed by atoms with van der Waals surface area (Å²) < 4.78 is 89.2. The van der Waals surface area contributed by atoms with Gasteiger partial charge in [-0.25, -0.2) is 0 Å². The number of rotatable bonds is 4. The molecule has 1 aliphatic heterocycles. The summed E-state index contributed by atoms with van der Waals surface area (Å²) in [5.74, 6) is -0.460. The van der Waals surface area contributed by atoms with Gasteiger partial charge in [0, 0.05) is 4.98 Å². The zero-order valence-electron chi connectivity index (χ0n) is 13.8. The van der Waals surface area contributed by atoms with Gasteiger partial charge in [-0.05, 0) is 22.6 Å². The SMILES string of the molecule is O=[N+]([O-])c1cn2c(n1)OC[C@@H](OCc1ccc(C(F)(F)F)cc1C(F)(F)F)C2. The van der Waals surface area contributed by atoms with Crippen LogP contribution in [0, 0.1) is 10.1 Å². The van der Waals surface area contributed by atoms with Gasteiger partial charge in [-0.1, -0.05) is 6.07 Å². The molecule has 0 aliphatic carbocycles. The van der Waals surface area contributed by atoms with Crippen LogP contribution in [0.2, 0.25) is 0 Å². The van der Waals surface area contributed by atoms with Crippen molar-refractivity contribution in [2.45, 2.75) is 31.6 Å². The maximum Gasteiger partial charge on any atom is 0.416 e. The molecular formula is C15H11F6N3O4. The Balaban J connectivity index is 1.74. The van der Waals surface area contributed by atoms with Crippen molar-refractivity contribution in [1.82, 2.24) is 9.55 Å². The van der Waals surface area contributed by atoms with Crippen LogP contribution in [0.5, 0.6) is 6.01 Å². The smallest absolute Gasteiger partial charge is 0.416 e. The van der Waals surface area contributed by atoms with Gasteiger partial charge in [0.25, 0.3) is 0 Å². The van der Waals surface area contributed by atoms with Crippen molar-refractivity contribution in [3.05, 3.63) is 51.2 Å². The average Bonchev–Trinajstić information content (AvgIpc) is 3.01. The quantitative estimate of drug-likeness (QED) is 0.434. The summed E-state index contributed by atoms with van der Waals surface area (Å²) >= 11 is 0. The molecule has 2 aromatic rings. The number of hydrogen-bond acceptors (Lipinski definition) is 5. The van der Waals surface area contributed by atoms with Crippen molar-refractivity contribution in [1.29, 1.82) is 0 Å². The first kappa shape index (κ1) is 19.9. The average molecular weight is 411 g/mol. The summed E-state index contributed by atoms with van der Waals surface area (Å²) in [6.07, 6.45) is -9.60. The Bertz CT molecular complexity index is 893. The van der Waals surface area contributed by atoms with E-state index in [4.69, 9.17) is 9.47 Å². The maximum absolute atomic E-state index is 13.1. The Kier molecular flexibility index (Phi) is 4.95. The predicted octanol–water partition coefficient (Wildman–Crippen LogP) is 3.81.